The van der Waals surface area contributed by atoms with Gasteiger partial charge < -0.3 is 4.57 Å². The van der Waals surface area contributed by atoms with Crippen LogP contribution in [0.4, 0.5) is 0 Å². The van der Waals surface area contributed by atoms with Crippen molar-refractivity contribution in [1.82, 2.24) is 4.57 Å². The number of thiophene rings is 1. The average molecular weight is 381 g/mol. The number of aryl methyl sites for hydroxylation is 1. The van der Waals surface area contributed by atoms with E-state index in [2.05, 4.69) is 38.5 Å². The predicted molar refractivity (Wildman–Crippen MR) is 91.8 cm³/mol. The quantitative estimate of drug-likeness (QED) is 0.669. The fourth-order valence-electron chi connectivity index (χ4n) is 2.17. The van der Waals surface area contributed by atoms with Gasteiger partial charge in [0.25, 0.3) is 5.91 Å². The van der Waals surface area contributed by atoms with Gasteiger partial charge in [0.05, 0.1) is 16.6 Å². The van der Waals surface area contributed by atoms with Gasteiger partial charge in [0, 0.05) is 15.9 Å². The van der Waals surface area contributed by atoms with Gasteiger partial charge in [-0.25, -0.2) is 0 Å². The lowest BCUT2D eigenvalue weighted by atomic mass is 10.3. The highest BCUT2D eigenvalue weighted by molar-refractivity contribution is 9.10. The molecule has 0 N–H and O–H groups in total. The Labute approximate surface area is 138 Å². The van der Waals surface area contributed by atoms with Gasteiger partial charge in [0.2, 0.25) is 0 Å². The van der Waals surface area contributed by atoms with Crippen molar-refractivity contribution in [3.8, 4) is 0 Å². The molecule has 0 aliphatic rings. The van der Waals surface area contributed by atoms with Crippen LogP contribution in [0.5, 0.6) is 0 Å². The molecule has 0 saturated carbocycles. The van der Waals surface area contributed by atoms with E-state index in [-0.39, 0.29) is 5.91 Å². The maximum atomic E-state index is 12.1. The van der Waals surface area contributed by atoms with Crippen LogP contribution in [0.3, 0.4) is 0 Å². The molecule has 3 nitrogen and oxygen atoms in total. The van der Waals surface area contributed by atoms with E-state index >= 15 is 0 Å². The third-order valence-corrected chi connectivity index (χ3v) is 5.65. The number of nitrogens with zero attached hydrogens (tertiary/aromatic N) is 2. The summed E-state index contributed by atoms with van der Waals surface area (Å²) in [6.45, 7) is 2.85. The molecule has 0 spiro atoms. The van der Waals surface area contributed by atoms with Crippen molar-refractivity contribution in [3.63, 3.8) is 0 Å². The Morgan fingerprint density at radius 1 is 1.33 bits per heavy atom. The van der Waals surface area contributed by atoms with Gasteiger partial charge in [-0.2, -0.15) is 4.99 Å². The van der Waals surface area contributed by atoms with Crippen LogP contribution >= 0.6 is 38.6 Å². The molecule has 0 atom stereocenters. The molecule has 3 aromatic rings. The third kappa shape index (κ3) is 3.02. The van der Waals surface area contributed by atoms with E-state index in [9.17, 15) is 4.79 Å². The number of fused-ring (bicyclic) bond motifs is 1. The molecule has 1 amide bonds. The Kier molecular flexibility index (Phi) is 4.37. The van der Waals surface area contributed by atoms with Crippen LogP contribution < -0.4 is 4.80 Å². The number of rotatable bonds is 3. The fraction of sp³-hybridized carbons (Fsp3) is 0.200. The summed E-state index contributed by atoms with van der Waals surface area (Å²) in [6, 6.07) is 9.99. The molecule has 0 saturated heterocycles. The van der Waals surface area contributed by atoms with Crippen molar-refractivity contribution in [2.75, 3.05) is 0 Å². The number of hydrogen-bond acceptors (Lipinski definition) is 3. The summed E-state index contributed by atoms with van der Waals surface area (Å²) >= 11 is 6.72. The molecule has 0 aliphatic heterocycles. The number of aromatic nitrogens is 1. The number of carbonyl (C=O) groups excluding carboxylic acids is 1. The van der Waals surface area contributed by atoms with Gasteiger partial charge in [-0.1, -0.05) is 23.5 Å². The average Bonchev–Trinajstić information content (AvgIpc) is 3.06. The largest absolute Gasteiger partial charge is 0.316 e. The predicted octanol–water partition coefficient (Wildman–Crippen LogP) is 4.22. The first-order valence-electron chi connectivity index (χ1n) is 6.57. The lowest BCUT2D eigenvalue weighted by Crippen LogP contribution is -2.16. The SMILES string of the molecule is CCn1c(=NC(=O)Cc2cccs2)sc2cccc(Br)c21. The summed E-state index contributed by atoms with van der Waals surface area (Å²) in [6.07, 6.45) is 0.372. The number of benzene rings is 1. The van der Waals surface area contributed by atoms with Crippen LogP contribution in [0.2, 0.25) is 0 Å². The van der Waals surface area contributed by atoms with E-state index < -0.39 is 0 Å². The molecule has 0 radical (unpaired) electrons. The molecule has 108 valence electrons. The summed E-state index contributed by atoms with van der Waals surface area (Å²) in [7, 11) is 0. The summed E-state index contributed by atoms with van der Waals surface area (Å²) in [4.78, 5) is 18.3. The monoisotopic (exact) mass is 380 g/mol. The second-order valence-electron chi connectivity index (χ2n) is 4.48. The summed E-state index contributed by atoms with van der Waals surface area (Å²) in [5.74, 6) is -0.0951. The molecule has 0 unspecified atom stereocenters. The molecule has 3 rings (SSSR count). The van der Waals surface area contributed by atoms with E-state index in [0.29, 0.717) is 6.42 Å². The van der Waals surface area contributed by atoms with Crippen LogP contribution in [-0.2, 0) is 17.8 Å². The van der Waals surface area contributed by atoms with Crippen LogP contribution in [0.15, 0.2) is 45.2 Å². The first-order valence-corrected chi connectivity index (χ1v) is 9.05. The second-order valence-corrected chi connectivity index (χ2v) is 7.37. The van der Waals surface area contributed by atoms with Crippen LogP contribution in [0.25, 0.3) is 10.2 Å². The van der Waals surface area contributed by atoms with Crippen LogP contribution in [-0.4, -0.2) is 10.5 Å². The lowest BCUT2D eigenvalue weighted by molar-refractivity contribution is -0.117. The van der Waals surface area contributed by atoms with Gasteiger partial charge >= 0.3 is 0 Å². The Hall–Kier alpha value is -1.24. The Morgan fingerprint density at radius 2 is 2.19 bits per heavy atom. The van der Waals surface area contributed by atoms with Gasteiger partial charge in [-0.3, -0.25) is 4.79 Å². The maximum absolute atomic E-state index is 12.1. The smallest absolute Gasteiger partial charge is 0.253 e. The van der Waals surface area contributed by atoms with Gasteiger partial charge in [0.15, 0.2) is 4.80 Å². The number of thiazole rings is 1. The first kappa shape index (κ1) is 14.7. The van der Waals surface area contributed by atoms with E-state index in [0.717, 1.165) is 30.9 Å². The van der Waals surface area contributed by atoms with E-state index in [1.54, 1.807) is 22.7 Å². The molecule has 0 aliphatic carbocycles. The second kappa shape index (κ2) is 6.25. The molecular weight excluding hydrogens is 368 g/mol. The number of amides is 1. The molecular formula is C15H13BrN2OS2. The van der Waals surface area contributed by atoms with E-state index in [1.807, 2.05) is 29.6 Å². The van der Waals surface area contributed by atoms with E-state index in [1.165, 1.54) is 0 Å². The minimum absolute atomic E-state index is 0.0951. The van der Waals surface area contributed by atoms with Crippen molar-refractivity contribution in [2.24, 2.45) is 4.99 Å². The van der Waals surface area contributed by atoms with Crippen LogP contribution in [0.1, 0.15) is 11.8 Å². The zero-order valence-corrected chi connectivity index (χ0v) is 14.6. The minimum Gasteiger partial charge on any atom is -0.316 e. The Morgan fingerprint density at radius 3 is 2.90 bits per heavy atom. The molecule has 6 heteroatoms. The van der Waals surface area contributed by atoms with Gasteiger partial charge in [0.1, 0.15) is 0 Å². The van der Waals surface area contributed by atoms with E-state index in [4.69, 9.17) is 0 Å². The normalized spacial score (nSPS) is 12.2. The number of para-hydroxylation sites is 1. The Bertz CT molecular complexity index is 846. The van der Waals surface area contributed by atoms with Gasteiger partial charge in [-0.05, 0) is 46.4 Å². The zero-order chi connectivity index (χ0) is 14.8. The summed E-state index contributed by atoms with van der Waals surface area (Å²) < 4.78 is 4.25. The van der Waals surface area contributed by atoms with Crippen molar-refractivity contribution in [1.29, 1.82) is 0 Å². The minimum atomic E-state index is -0.0951. The summed E-state index contributed by atoms with van der Waals surface area (Å²) in [5.41, 5.74) is 1.10. The fourth-order valence-corrected chi connectivity index (χ4v) is 4.72. The summed E-state index contributed by atoms with van der Waals surface area (Å²) in [5, 5.41) is 1.98. The highest BCUT2D eigenvalue weighted by Gasteiger charge is 2.09. The topological polar surface area (TPSA) is 34.4 Å². The zero-order valence-electron chi connectivity index (χ0n) is 11.4. The number of carbonyl (C=O) groups is 1. The van der Waals surface area contributed by atoms with Crippen LogP contribution in [0, 0.1) is 0 Å². The highest BCUT2D eigenvalue weighted by atomic mass is 79.9. The molecule has 1 aromatic carbocycles. The molecule has 2 aromatic heterocycles. The number of hydrogen-bond donors (Lipinski definition) is 0. The number of halogens is 1. The maximum Gasteiger partial charge on any atom is 0.253 e. The molecule has 0 bridgehead atoms. The highest BCUT2D eigenvalue weighted by Crippen LogP contribution is 2.25. The van der Waals surface area contributed by atoms with Gasteiger partial charge in [-0.15, -0.1) is 11.3 Å². The van der Waals surface area contributed by atoms with Crippen molar-refractivity contribution < 1.29 is 4.79 Å². The Balaban J connectivity index is 2.05. The van der Waals surface area contributed by atoms with Crippen molar-refractivity contribution in [3.05, 3.63) is 49.9 Å². The molecule has 0 fully saturated rings. The third-order valence-electron chi connectivity index (χ3n) is 3.09. The molecule has 2 heterocycles. The van der Waals surface area contributed by atoms with Crippen molar-refractivity contribution >= 4 is 54.7 Å². The molecule has 21 heavy (non-hydrogen) atoms. The lowest BCUT2D eigenvalue weighted by Gasteiger charge is -2.01. The first-order chi connectivity index (χ1) is 10.2. The van der Waals surface area contributed by atoms with Crippen molar-refractivity contribution in [2.45, 2.75) is 19.9 Å². The standard InChI is InChI=1S/C15H13BrN2OS2/c1-2-18-14-11(16)6-3-7-12(14)21-15(18)17-13(19)9-10-5-4-8-20-10/h3-8H,2,9H2,1H3.